The number of rotatable bonds is 23. The largest absolute Gasteiger partial charge is 0.458 e. The number of benzene rings is 2. The quantitative estimate of drug-likeness (QED) is 0.0282. The molecule has 22 heteroatoms. The number of amides is 8. The van der Waals surface area contributed by atoms with E-state index in [1.165, 1.54) is 15.5 Å². The summed E-state index contributed by atoms with van der Waals surface area (Å²) in [6.07, 6.45) is 3.57. The first-order valence-electron chi connectivity index (χ1n) is 27.5. The number of nitrogens with zero attached hydrogens (tertiary/aromatic N) is 3. The minimum Gasteiger partial charge on any atom is -0.458 e. The fourth-order valence-electron chi connectivity index (χ4n) is 11.1. The van der Waals surface area contributed by atoms with E-state index in [1.807, 2.05) is 51.1 Å². The number of aromatic nitrogens is 2. The van der Waals surface area contributed by atoms with Crippen LogP contribution in [0.3, 0.4) is 0 Å². The van der Waals surface area contributed by atoms with E-state index in [2.05, 4.69) is 31.9 Å². The van der Waals surface area contributed by atoms with Gasteiger partial charge in [0, 0.05) is 54.9 Å². The molecule has 4 atom stereocenters. The number of aliphatic hydroxyl groups is 1. The summed E-state index contributed by atoms with van der Waals surface area (Å²) in [5.74, 6) is -5.19. The fourth-order valence-corrected chi connectivity index (χ4v) is 11.1. The van der Waals surface area contributed by atoms with Crippen LogP contribution in [-0.4, -0.2) is 112 Å². The summed E-state index contributed by atoms with van der Waals surface area (Å²) in [6.45, 7) is 7.95. The first-order chi connectivity index (χ1) is 38.1. The van der Waals surface area contributed by atoms with Gasteiger partial charge in [0.05, 0.1) is 60.6 Å². The highest BCUT2D eigenvalue weighted by Crippen LogP contribution is 2.46. The van der Waals surface area contributed by atoms with Crippen LogP contribution in [0.4, 0.5) is 4.39 Å². The molecule has 1 unspecified atom stereocenters. The molecule has 4 aliphatic rings. The number of unbranched alkanes of at least 4 members (excludes halogenated alkanes) is 2. The third-order valence-electron chi connectivity index (χ3n) is 15.7. The Morgan fingerprint density at radius 2 is 1.55 bits per heavy atom. The molecule has 1 aliphatic carbocycles. The lowest BCUT2D eigenvalue weighted by atomic mass is 9.80. The summed E-state index contributed by atoms with van der Waals surface area (Å²) in [4.78, 5) is 136. The third-order valence-corrected chi connectivity index (χ3v) is 15.7. The summed E-state index contributed by atoms with van der Waals surface area (Å²) in [7, 11) is 0. The van der Waals surface area contributed by atoms with Crippen LogP contribution in [0, 0.1) is 24.1 Å². The Morgan fingerprint density at radius 3 is 2.27 bits per heavy atom. The average molecular weight is 1100 g/mol. The van der Waals surface area contributed by atoms with Gasteiger partial charge in [-0.2, -0.15) is 0 Å². The Hall–Kier alpha value is -7.88. The molecule has 8 rings (SSSR count). The van der Waals surface area contributed by atoms with Crippen LogP contribution in [-0.2, 0) is 79.5 Å². The summed E-state index contributed by atoms with van der Waals surface area (Å²) >= 11 is 0. The number of hydrogen-bond acceptors (Lipinski definition) is 13. The number of likely N-dealkylation sites (tertiary alicyclic amines) is 1. The van der Waals surface area contributed by atoms with Crippen molar-refractivity contribution in [3.05, 3.63) is 97.6 Å². The molecule has 80 heavy (non-hydrogen) atoms. The molecule has 4 aromatic rings. The number of nitrogens with one attached hydrogen (secondary N) is 6. The number of aryl methyl sites for hydroxylation is 2. The molecular formula is C58H70FN9O12. The Bertz CT molecular complexity index is 3210. The summed E-state index contributed by atoms with van der Waals surface area (Å²) < 4.78 is 22.1. The fraction of sp³-hybridized carbons (Fsp3) is 0.500. The smallest absolute Gasteiger partial charge is 0.343 e. The number of cyclic esters (lactones) is 1. The maximum atomic E-state index is 15.4. The van der Waals surface area contributed by atoms with E-state index >= 15 is 4.39 Å². The molecule has 1 fully saturated rings. The van der Waals surface area contributed by atoms with Crippen molar-refractivity contribution in [2.24, 2.45) is 11.3 Å². The number of ether oxygens (including phenoxy) is 1. The molecule has 2 aromatic heterocycles. The summed E-state index contributed by atoms with van der Waals surface area (Å²) in [6, 6.07) is 10.5. The van der Waals surface area contributed by atoms with Crippen molar-refractivity contribution in [3.63, 3.8) is 0 Å². The van der Waals surface area contributed by atoms with Crippen LogP contribution in [0.5, 0.6) is 0 Å². The van der Waals surface area contributed by atoms with Crippen LogP contribution >= 0.6 is 0 Å². The molecule has 0 saturated carbocycles. The maximum Gasteiger partial charge on any atom is 0.343 e. The van der Waals surface area contributed by atoms with E-state index in [0.717, 1.165) is 11.1 Å². The highest BCUT2D eigenvalue weighted by molar-refractivity contribution is 6.04. The second-order valence-electron chi connectivity index (χ2n) is 22.2. The molecule has 2 aromatic carbocycles. The van der Waals surface area contributed by atoms with Crippen molar-refractivity contribution in [2.75, 3.05) is 32.7 Å². The van der Waals surface area contributed by atoms with Crippen molar-refractivity contribution >= 4 is 64.1 Å². The lowest BCUT2D eigenvalue weighted by Gasteiger charge is -2.31. The molecule has 5 heterocycles. The third kappa shape index (κ3) is 12.7. The van der Waals surface area contributed by atoms with E-state index in [4.69, 9.17) is 9.72 Å². The molecule has 1 saturated heterocycles. The van der Waals surface area contributed by atoms with Gasteiger partial charge in [0.2, 0.25) is 47.3 Å². The van der Waals surface area contributed by atoms with Gasteiger partial charge in [-0.15, -0.1) is 0 Å². The van der Waals surface area contributed by atoms with Crippen molar-refractivity contribution in [2.45, 2.75) is 143 Å². The van der Waals surface area contributed by atoms with Crippen molar-refractivity contribution in [3.8, 4) is 11.4 Å². The normalized spacial score (nSPS) is 18.4. The highest BCUT2D eigenvalue weighted by atomic mass is 19.1. The van der Waals surface area contributed by atoms with Gasteiger partial charge in [-0.1, -0.05) is 64.4 Å². The van der Waals surface area contributed by atoms with E-state index in [0.29, 0.717) is 84.1 Å². The highest BCUT2D eigenvalue weighted by Gasteiger charge is 2.47. The molecule has 8 amide bonds. The number of pyridine rings is 2. The minimum absolute atomic E-state index is 0.00861. The van der Waals surface area contributed by atoms with E-state index in [9.17, 15) is 53.1 Å². The van der Waals surface area contributed by atoms with Gasteiger partial charge >= 0.3 is 5.97 Å². The van der Waals surface area contributed by atoms with Crippen LogP contribution < -0.4 is 37.5 Å². The van der Waals surface area contributed by atoms with Gasteiger partial charge in [-0.05, 0) is 92.0 Å². The predicted octanol–water partition coefficient (Wildman–Crippen LogP) is 2.97. The number of esters is 1. The van der Waals surface area contributed by atoms with Gasteiger partial charge in [0.1, 0.15) is 18.5 Å². The van der Waals surface area contributed by atoms with Crippen LogP contribution in [0.15, 0.2) is 47.3 Å². The second kappa shape index (κ2) is 24.6. The number of halogens is 1. The molecular weight excluding hydrogens is 1030 g/mol. The SMILES string of the molecule is CC[C@@]1(O)C(=O)OCc2c1cc1n(c2=O)Cc2c-1nc1cc(F)c(C)c3c1c2[C@@H](NC(=O)CCCNC(=O)CNC(=O)[C@H](CCc1ccccc1)NC(=O)CNC(=O)CNC(=O)CCCCCN1C(=O)CC(C(C)(C)C)C1=O)CC3. The molecule has 0 bridgehead atoms. The van der Waals surface area contributed by atoms with Crippen molar-refractivity contribution < 1.29 is 57.4 Å². The zero-order valence-corrected chi connectivity index (χ0v) is 45.9. The standard InChI is InChI=1S/C58H70FN9O12/c1-6-58(79)37-24-43-52-35(30-68(43)54(76)36(37)31-80-56(58)78)51-40(21-19-34-32(2)39(59)26-42(66-52)50(34)51)64-45(70)17-13-22-60-46(71)28-63-53(75)41(20-18-33-14-9-7-10-15-33)65-48(73)29-62-47(72)27-61-44(69)16-11-8-12-23-67-49(74)25-38(55(67)77)57(3,4)5/h7,9-10,14-15,24,26,38,40-41,79H,6,8,11-13,16-23,25,27-31H2,1-5H3,(H,60,71)(H,61,69)(H,62,72)(H,63,75)(H,64,70)(H,65,73)/t38?,40-,41-,58-/m0/s1. The Morgan fingerprint density at radius 1 is 0.850 bits per heavy atom. The van der Waals surface area contributed by atoms with E-state index in [-0.39, 0.29) is 111 Å². The molecule has 7 N–H and O–H groups in total. The monoisotopic (exact) mass is 1100 g/mol. The van der Waals surface area contributed by atoms with Crippen molar-refractivity contribution in [1.82, 2.24) is 46.4 Å². The first kappa shape index (κ1) is 58.3. The molecule has 426 valence electrons. The Balaban J connectivity index is 0.789. The molecule has 21 nitrogen and oxygen atoms in total. The first-order valence-corrected chi connectivity index (χ1v) is 27.5. The molecule has 0 spiro atoms. The number of fused-ring (bicyclic) bond motifs is 5. The Kier molecular flexibility index (Phi) is 18.0. The minimum atomic E-state index is -2.04. The van der Waals surface area contributed by atoms with Gasteiger partial charge in [0.25, 0.3) is 5.56 Å². The topological polar surface area (TPSA) is 293 Å². The molecule has 3 aliphatic heterocycles. The molecule has 0 radical (unpaired) electrons. The maximum absolute atomic E-state index is 15.4. The van der Waals surface area contributed by atoms with Crippen molar-refractivity contribution in [1.29, 1.82) is 0 Å². The van der Waals surface area contributed by atoms with E-state index < -0.39 is 71.7 Å². The number of imide groups is 1. The lowest BCUT2D eigenvalue weighted by molar-refractivity contribution is -0.172. The van der Waals surface area contributed by atoms with Gasteiger partial charge < -0.3 is 46.3 Å². The lowest BCUT2D eigenvalue weighted by Crippen LogP contribution is -2.51. The van der Waals surface area contributed by atoms with Gasteiger partial charge in [-0.3, -0.25) is 48.1 Å². The summed E-state index contributed by atoms with van der Waals surface area (Å²) in [5.41, 5.74) is 2.06. The van der Waals surface area contributed by atoms with Crippen LogP contribution in [0.2, 0.25) is 0 Å². The number of hydrogen-bond donors (Lipinski definition) is 7. The Labute approximate surface area is 461 Å². The average Bonchev–Trinajstić information content (AvgIpc) is 4.03. The second-order valence-corrected chi connectivity index (χ2v) is 22.2. The van der Waals surface area contributed by atoms with E-state index in [1.54, 1.807) is 19.9 Å². The number of carbonyl (C=O) groups excluding carboxylic acids is 9. The predicted molar refractivity (Wildman–Crippen MR) is 289 cm³/mol. The summed E-state index contributed by atoms with van der Waals surface area (Å²) in [5, 5.41) is 28.0. The zero-order chi connectivity index (χ0) is 57.6. The van der Waals surface area contributed by atoms with Gasteiger partial charge in [0.15, 0.2) is 5.60 Å². The van der Waals surface area contributed by atoms with Crippen LogP contribution in [0.25, 0.3) is 22.3 Å². The number of carbonyl (C=O) groups is 9. The zero-order valence-electron chi connectivity index (χ0n) is 45.9. The van der Waals surface area contributed by atoms with Crippen LogP contribution in [0.1, 0.15) is 137 Å². The van der Waals surface area contributed by atoms with Gasteiger partial charge in [-0.25, -0.2) is 14.2 Å².